The zero-order chi connectivity index (χ0) is 12.8. The highest BCUT2D eigenvalue weighted by Gasteiger charge is 2.32. The largest absolute Gasteiger partial charge is 0.421 e. The van der Waals surface area contributed by atoms with Crippen LogP contribution in [0.15, 0.2) is 20.8 Å². The summed E-state index contributed by atoms with van der Waals surface area (Å²) in [5, 5.41) is 0. The Morgan fingerprint density at radius 3 is 2.71 bits per heavy atom. The fourth-order valence-corrected chi connectivity index (χ4v) is 3.51. The van der Waals surface area contributed by atoms with Crippen LogP contribution in [-0.4, -0.2) is 24.0 Å². The highest BCUT2D eigenvalue weighted by molar-refractivity contribution is 9.12. The number of ether oxygens (including phenoxy) is 2. The van der Waals surface area contributed by atoms with Crippen LogP contribution in [-0.2, 0) is 14.3 Å². The van der Waals surface area contributed by atoms with Crippen LogP contribution in [0.5, 0.6) is 0 Å². The summed E-state index contributed by atoms with van der Waals surface area (Å²) in [5.41, 5.74) is 0.607. The first-order valence-electron chi connectivity index (χ1n) is 5.26. The normalized spacial score (nSPS) is 20.0. The van der Waals surface area contributed by atoms with Crippen molar-refractivity contribution in [3.05, 3.63) is 20.8 Å². The van der Waals surface area contributed by atoms with Gasteiger partial charge in [-0.3, -0.25) is 0 Å². The maximum Gasteiger partial charge on any atom is 0.341 e. The predicted molar refractivity (Wildman–Crippen MR) is 77.5 cm³/mol. The molecule has 0 bridgehead atoms. The van der Waals surface area contributed by atoms with Crippen molar-refractivity contribution in [1.29, 1.82) is 0 Å². The molecule has 17 heavy (non-hydrogen) atoms. The Morgan fingerprint density at radius 1 is 1.47 bits per heavy atom. The summed E-state index contributed by atoms with van der Waals surface area (Å²) in [4.78, 5) is 13.2. The summed E-state index contributed by atoms with van der Waals surface area (Å²) in [6.07, 6.45) is 1.73. The quantitative estimate of drug-likeness (QED) is 0.361. The molecule has 1 aliphatic rings. The molecule has 1 atom stereocenters. The van der Waals surface area contributed by atoms with Crippen molar-refractivity contribution in [2.24, 2.45) is 0 Å². The minimum absolute atomic E-state index is 0.0637. The van der Waals surface area contributed by atoms with Gasteiger partial charge < -0.3 is 9.47 Å². The minimum atomic E-state index is -0.319. The second-order valence-corrected chi connectivity index (χ2v) is 5.82. The molecule has 96 valence electrons. The molecular weight excluding hydrogens is 420 g/mol. The van der Waals surface area contributed by atoms with Crippen molar-refractivity contribution >= 4 is 53.8 Å². The van der Waals surface area contributed by atoms with E-state index in [-0.39, 0.29) is 10.8 Å². The molecule has 0 aromatic heterocycles. The molecule has 0 aromatic rings. The number of halogens is 3. The Kier molecular flexibility index (Phi) is 6.99. The number of hydrogen-bond acceptors (Lipinski definition) is 3. The fourth-order valence-electron chi connectivity index (χ4n) is 1.34. The summed E-state index contributed by atoms with van der Waals surface area (Å²) in [6, 6.07) is 0. The van der Waals surface area contributed by atoms with Crippen LogP contribution in [0.3, 0.4) is 0 Å². The molecule has 0 saturated carbocycles. The van der Waals surface area contributed by atoms with Crippen LogP contribution in [0.4, 0.5) is 0 Å². The van der Waals surface area contributed by atoms with E-state index in [0.29, 0.717) is 22.4 Å². The van der Waals surface area contributed by atoms with E-state index in [0.717, 1.165) is 19.4 Å². The van der Waals surface area contributed by atoms with Crippen molar-refractivity contribution in [2.75, 3.05) is 13.2 Å². The van der Waals surface area contributed by atoms with Gasteiger partial charge in [0.1, 0.15) is 0 Å². The number of carbonyl (C=O) groups excluding carboxylic acids is 1. The average Bonchev–Trinajstić information content (AvgIpc) is 2.59. The molecule has 0 aliphatic carbocycles. The third kappa shape index (κ3) is 4.19. The molecule has 0 spiro atoms. The van der Waals surface area contributed by atoms with Crippen molar-refractivity contribution < 1.29 is 14.3 Å². The van der Waals surface area contributed by atoms with Gasteiger partial charge in [-0.25, -0.2) is 4.79 Å². The van der Waals surface area contributed by atoms with Crippen LogP contribution < -0.4 is 0 Å². The Hall–Kier alpha value is 0.350. The van der Waals surface area contributed by atoms with Crippen molar-refractivity contribution in [3.63, 3.8) is 0 Å². The van der Waals surface area contributed by atoms with E-state index >= 15 is 0 Å². The summed E-state index contributed by atoms with van der Waals surface area (Å²) in [5.74, 6) is 0.184. The number of esters is 1. The molecule has 1 rings (SSSR count). The second-order valence-electron chi connectivity index (χ2n) is 3.46. The van der Waals surface area contributed by atoms with E-state index in [4.69, 9.17) is 9.47 Å². The number of allylic oxidation sites excluding steroid dienone is 1. The van der Waals surface area contributed by atoms with E-state index < -0.39 is 0 Å². The topological polar surface area (TPSA) is 35.5 Å². The molecule has 3 nitrogen and oxygen atoms in total. The molecule has 1 heterocycles. The van der Waals surface area contributed by atoms with E-state index in [1.807, 2.05) is 0 Å². The number of alkyl halides is 1. The molecule has 6 heteroatoms. The lowest BCUT2D eigenvalue weighted by Crippen LogP contribution is -2.13. The van der Waals surface area contributed by atoms with Gasteiger partial charge in [0, 0.05) is 18.2 Å². The zero-order valence-corrected chi connectivity index (χ0v) is 14.1. The van der Waals surface area contributed by atoms with Crippen LogP contribution >= 0.6 is 47.8 Å². The number of cyclic esters (lactones) is 1. The lowest BCUT2D eigenvalue weighted by Gasteiger charge is -2.09. The fraction of sp³-hybridized carbons (Fsp3) is 0.545. The Labute approximate surface area is 126 Å². The smallest absolute Gasteiger partial charge is 0.341 e. The van der Waals surface area contributed by atoms with Gasteiger partial charge in [-0.15, -0.1) is 0 Å². The Bertz CT molecular complexity index is 350. The second kappa shape index (κ2) is 7.71. The number of rotatable bonds is 6. The molecule has 1 aliphatic heterocycles. The standard InChI is InChI=1S/C11H13Br3O3/c1-2-4-16-5-3-7(13)9-10(14)8(6-12)17-11(9)15/h6-7H,2-5H2,1H3/b8-6-. The van der Waals surface area contributed by atoms with E-state index in [9.17, 15) is 4.79 Å². The molecule has 0 N–H and O–H groups in total. The van der Waals surface area contributed by atoms with Crippen molar-refractivity contribution in [3.8, 4) is 0 Å². The molecule has 0 aromatic carbocycles. The SMILES string of the molecule is CCCOCCC(Br)C1=C(Br)/C(=C/Br)OC1=O. The molecule has 0 saturated heterocycles. The van der Waals surface area contributed by atoms with Gasteiger partial charge >= 0.3 is 5.97 Å². The van der Waals surface area contributed by atoms with Crippen LogP contribution in [0, 0.1) is 0 Å². The lowest BCUT2D eigenvalue weighted by molar-refractivity contribution is -0.133. The van der Waals surface area contributed by atoms with E-state index in [1.165, 1.54) is 0 Å². The monoisotopic (exact) mass is 430 g/mol. The van der Waals surface area contributed by atoms with Gasteiger partial charge in [0.25, 0.3) is 0 Å². The first-order valence-corrected chi connectivity index (χ1v) is 7.88. The summed E-state index contributed by atoms with van der Waals surface area (Å²) in [7, 11) is 0. The highest BCUT2D eigenvalue weighted by Crippen LogP contribution is 2.36. The predicted octanol–water partition coefficient (Wildman–Crippen LogP) is 4.01. The van der Waals surface area contributed by atoms with Gasteiger partial charge in [0.05, 0.1) is 14.9 Å². The van der Waals surface area contributed by atoms with Gasteiger partial charge in [-0.05, 0) is 28.8 Å². The molecular formula is C11H13Br3O3. The average molecular weight is 433 g/mol. The zero-order valence-electron chi connectivity index (χ0n) is 9.34. The van der Waals surface area contributed by atoms with Crippen molar-refractivity contribution in [1.82, 2.24) is 0 Å². The molecule has 0 fully saturated rings. The first kappa shape index (κ1) is 15.4. The van der Waals surface area contributed by atoms with Gasteiger partial charge in [-0.2, -0.15) is 0 Å². The van der Waals surface area contributed by atoms with Gasteiger partial charge in [0.15, 0.2) is 5.76 Å². The van der Waals surface area contributed by atoms with Crippen molar-refractivity contribution in [2.45, 2.75) is 24.6 Å². The van der Waals surface area contributed by atoms with Crippen LogP contribution in [0.1, 0.15) is 19.8 Å². The number of carbonyl (C=O) groups is 1. The van der Waals surface area contributed by atoms with E-state index in [2.05, 4.69) is 54.7 Å². The highest BCUT2D eigenvalue weighted by atomic mass is 79.9. The van der Waals surface area contributed by atoms with Crippen LogP contribution in [0.2, 0.25) is 0 Å². The lowest BCUT2D eigenvalue weighted by atomic mass is 10.1. The maximum atomic E-state index is 11.6. The Balaban J connectivity index is 2.59. The first-order chi connectivity index (χ1) is 8.11. The summed E-state index contributed by atoms with van der Waals surface area (Å²) < 4.78 is 11.2. The Morgan fingerprint density at radius 2 is 2.18 bits per heavy atom. The third-order valence-electron chi connectivity index (χ3n) is 2.15. The minimum Gasteiger partial charge on any atom is -0.421 e. The number of hydrogen-bond donors (Lipinski definition) is 0. The van der Waals surface area contributed by atoms with E-state index in [1.54, 1.807) is 4.99 Å². The molecule has 0 radical (unpaired) electrons. The third-order valence-corrected chi connectivity index (χ3v) is 4.30. The van der Waals surface area contributed by atoms with Crippen LogP contribution in [0.25, 0.3) is 0 Å². The summed E-state index contributed by atoms with van der Waals surface area (Å²) >= 11 is 9.99. The molecule has 0 amide bonds. The molecule has 1 unspecified atom stereocenters. The van der Waals surface area contributed by atoms with Gasteiger partial charge in [0.2, 0.25) is 0 Å². The van der Waals surface area contributed by atoms with Gasteiger partial charge in [-0.1, -0.05) is 38.8 Å². The maximum absolute atomic E-state index is 11.6. The summed E-state index contributed by atoms with van der Waals surface area (Å²) in [6.45, 7) is 3.43.